The molecule has 0 unspecified atom stereocenters. The first-order valence-electron chi connectivity index (χ1n) is 10.3. The average molecular weight is 435 g/mol. The van der Waals surface area contributed by atoms with Crippen LogP contribution >= 0.6 is 0 Å². The summed E-state index contributed by atoms with van der Waals surface area (Å²) in [6.07, 6.45) is 1.54. The fourth-order valence-corrected chi connectivity index (χ4v) is 3.02. The number of carbonyl (C=O) groups excluding carboxylic acids is 2. The molecule has 3 rings (SSSR count). The lowest BCUT2D eigenvalue weighted by Crippen LogP contribution is -2.26. The normalized spacial score (nSPS) is 10.3. The lowest BCUT2D eigenvalue weighted by molar-refractivity contribution is -0.116. The number of pyridine rings is 1. The molecule has 0 fully saturated rings. The van der Waals surface area contributed by atoms with Gasteiger partial charge in [0.2, 0.25) is 5.91 Å². The third-order valence-electron chi connectivity index (χ3n) is 4.45. The Bertz CT molecular complexity index is 1140. The number of carbonyl (C=O) groups is 2. The van der Waals surface area contributed by atoms with Crippen molar-refractivity contribution in [3.05, 3.63) is 82.8 Å². The summed E-state index contributed by atoms with van der Waals surface area (Å²) in [5.74, 6) is 0.0532. The van der Waals surface area contributed by atoms with Gasteiger partial charge < -0.3 is 24.7 Å². The summed E-state index contributed by atoms with van der Waals surface area (Å²) in [5, 5.41) is 5.60. The zero-order chi connectivity index (χ0) is 22.9. The van der Waals surface area contributed by atoms with Crippen LogP contribution in [0.2, 0.25) is 0 Å². The second kappa shape index (κ2) is 10.8. The van der Waals surface area contributed by atoms with Crippen molar-refractivity contribution >= 4 is 23.2 Å². The van der Waals surface area contributed by atoms with Crippen LogP contribution in [-0.2, 0) is 11.3 Å². The van der Waals surface area contributed by atoms with Gasteiger partial charge in [0.1, 0.15) is 18.0 Å². The largest absolute Gasteiger partial charge is 0.492 e. The highest BCUT2D eigenvalue weighted by Gasteiger charge is 2.17. The molecule has 0 saturated carbocycles. The van der Waals surface area contributed by atoms with Gasteiger partial charge in [-0.25, -0.2) is 0 Å². The van der Waals surface area contributed by atoms with Crippen molar-refractivity contribution in [1.29, 1.82) is 0 Å². The van der Waals surface area contributed by atoms with E-state index < -0.39 is 5.91 Å². The monoisotopic (exact) mass is 435 g/mol. The molecule has 0 bridgehead atoms. The van der Waals surface area contributed by atoms with Gasteiger partial charge >= 0.3 is 0 Å². The number of anilines is 2. The number of nitrogens with zero attached hydrogens (tertiary/aromatic N) is 1. The van der Waals surface area contributed by atoms with Gasteiger partial charge in [0, 0.05) is 30.0 Å². The molecule has 0 aliphatic carbocycles. The van der Waals surface area contributed by atoms with Gasteiger partial charge in [-0.1, -0.05) is 24.3 Å². The fraction of sp³-hybridized carbons (Fsp3) is 0.208. The van der Waals surface area contributed by atoms with Crippen molar-refractivity contribution in [2.75, 3.05) is 23.8 Å². The van der Waals surface area contributed by atoms with Gasteiger partial charge in [-0.05, 0) is 32.0 Å². The molecular formula is C24H25N3O5. The Morgan fingerprint density at radius 1 is 0.844 bits per heavy atom. The van der Waals surface area contributed by atoms with Crippen LogP contribution in [0.25, 0.3) is 0 Å². The minimum absolute atomic E-state index is 0.151. The van der Waals surface area contributed by atoms with E-state index in [1.54, 1.807) is 54.7 Å². The van der Waals surface area contributed by atoms with Gasteiger partial charge in [-0.2, -0.15) is 0 Å². The predicted molar refractivity (Wildman–Crippen MR) is 123 cm³/mol. The number of nitrogens with one attached hydrogen (secondary N) is 2. The summed E-state index contributed by atoms with van der Waals surface area (Å²) in [5.41, 5.74) is 1.02. The zero-order valence-corrected chi connectivity index (χ0v) is 18.0. The quantitative estimate of drug-likeness (QED) is 0.536. The molecule has 0 atom stereocenters. The number of hydrogen-bond acceptors (Lipinski definition) is 5. The summed E-state index contributed by atoms with van der Waals surface area (Å²) >= 11 is 0. The Hall–Kier alpha value is -4.07. The number of aromatic nitrogens is 1. The maximum absolute atomic E-state index is 12.6. The van der Waals surface area contributed by atoms with Crippen molar-refractivity contribution < 1.29 is 19.1 Å². The highest BCUT2D eigenvalue weighted by atomic mass is 16.5. The van der Waals surface area contributed by atoms with Crippen LogP contribution < -0.4 is 25.7 Å². The SMILES string of the molecule is CCOc1cc(NC(=O)c2ccccc2)c(OCC)cc1NC(=O)Cn1ccccc1=O. The number of amides is 2. The number of ether oxygens (including phenoxy) is 2. The van der Waals surface area contributed by atoms with Crippen molar-refractivity contribution in [2.24, 2.45) is 0 Å². The molecule has 0 aliphatic rings. The van der Waals surface area contributed by atoms with Crippen LogP contribution in [0.5, 0.6) is 11.5 Å². The molecule has 2 amide bonds. The Morgan fingerprint density at radius 3 is 2.03 bits per heavy atom. The van der Waals surface area contributed by atoms with E-state index in [2.05, 4.69) is 10.6 Å². The minimum atomic E-state index is -0.400. The summed E-state index contributed by atoms with van der Waals surface area (Å²) in [4.78, 5) is 37.1. The Balaban J connectivity index is 1.88. The third kappa shape index (κ3) is 5.75. The molecule has 0 spiro atoms. The van der Waals surface area contributed by atoms with Crippen LogP contribution in [0, 0.1) is 0 Å². The maximum atomic E-state index is 12.6. The summed E-state index contributed by atoms with van der Waals surface area (Å²) in [6.45, 7) is 4.19. The van der Waals surface area contributed by atoms with E-state index in [1.165, 1.54) is 10.6 Å². The first-order valence-corrected chi connectivity index (χ1v) is 10.3. The Morgan fingerprint density at radius 2 is 1.44 bits per heavy atom. The van der Waals surface area contributed by atoms with Crippen LogP contribution in [0.3, 0.4) is 0 Å². The molecule has 2 N–H and O–H groups in total. The molecule has 1 heterocycles. The average Bonchev–Trinajstić information content (AvgIpc) is 2.79. The molecule has 0 radical (unpaired) electrons. The van der Waals surface area contributed by atoms with Gasteiger partial charge in [0.05, 0.1) is 24.6 Å². The number of hydrogen-bond donors (Lipinski definition) is 2. The first-order chi connectivity index (χ1) is 15.5. The molecule has 3 aromatic rings. The van der Waals surface area contributed by atoms with Gasteiger partial charge in [0.15, 0.2) is 0 Å². The molecule has 0 saturated heterocycles. The standard InChI is InChI=1S/C24H25N3O5/c1-3-31-20-15-19(26-24(30)17-10-6-5-7-11-17)21(32-4-2)14-18(20)25-22(28)16-27-13-9-8-12-23(27)29/h5-15H,3-4,16H2,1-2H3,(H,25,28)(H,26,30). The van der Waals surface area contributed by atoms with E-state index in [0.29, 0.717) is 41.7 Å². The highest BCUT2D eigenvalue weighted by Crippen LogP contribution is 2.37. The van der Waals surface area contributed by atoms with E-state index in [-0.39, 0.29) is 18.0 Å². The topological polar surface area (TPSA) is 98.7 Å². The second-order valence-electron chi connectivity index (χ2n) is 6.75. The predicted octanol–water partition coefficient (Wildman–Crippen LogP) is 3.54. The molecule has 8 nitrogen and oxygen atoms in total. The van der Waals surface area contributed by atoms with E-state index in [1.807, 2.05) is 19.9 Å². The molecule has 166 valence electrons. The lowest BCUT2D eigenvalue weighted by Gasteiger charge is -2.18. The Labute approximate surface area is 185 Å². The van der Waals surface area contributed by atoms with Crippen molar-refractivity contribution in [1.82, 2.24) is 4.57 Å². The first kappa shape index (κ1) is 22.6. The van der Waals surface area contributed by atoms with Crippen LogP contribution in [-0.4, -0.2) is 29.6 Å². The highest BCUT2D eigenvalue weighted by molar-refractivity contribution is 6.05. The summed E-state index contributed by atoms with van der Waals surface area (Å²) < 4.78 is 12.7. The maximum Gasteiger partial charge on any atom is 0.255 e. The number of rotatable bonds is 9. The van der Waals surface area contributed by atoms with Crippen LogP contribution in [0.4, 0.5) is 11.4 Å². The van der Waals surface area contributed by atoms with Crippen LogP contribution in [0.1, 0.15) is 24.2 Å². The van der Waals surface area contributed by atoms with Crippen molar-refractivity contribution in [3.8, 4) is 11.5 Å². The van der Waals surface area contributed by atoms with E-state index in [9.17, 15) is 14.4 Å². The molecular weight excluding hydrogens is 410 g/mol. The fourth-order valence-electron chi connectivity index (χ4n) is 3.02. The molecule has 8 heteroatoms. The van der Waals surface area contributed by atoms with E-state index in [4.69, 9.17) is 9.47 Å². The smallest absolute Gasteiger partial charge is 0.255 e. The van der Waals surface area contributed by atoms with Crippen molar-refractivity contribution in [2.45, 2.75) is 20.4 Å². The molecule has 2 aromatic carbocycles. The molecule has 32 heavy (non-hydrogen) atoms. The lowest BCUT2D eigenvalue weighted by atomic mass is 10.2. The minimum Gasteiger partial charge on any atom is -0.492 e. The van der Waals surface area contributed by atoms with E-state index >= 15 is 0 Å². The zero-order valence-electron chi connectivity index (χ0n) is 18.0. The Kier molecular flexibility index (Phi) is 7.64. The number of benzene rings is 2. The second-order valence-corrected chi connectivity index (χ2v) is 6.75. The summed E-state index contributed by atoms with van der Waals surface area (Å²) in [6, 6.07) is 16.7. The van der Waals surface area contributed by atoms with Crippen LogP contribution in [0.15, 0.2) is 71.7 Å². The molecule has 1 aromatic heterocycles. The van der Waals surface area contributed by atoms with Crippen molar-refractivity contribution in [3.63, 3.8) is 0 Å². The van der Waals surface area contributed by atoms with Gasteiger partial charge in [-0.15, -0.1) is 0 Å². The van der Waals surface area contributed by atoms with Gasteiger partial charge in [-0.3, -0.25) is 14.4 Å². The summed E-state index contributed by atoms with van der Waals surface area (Å²) in [7, 11) is 0. The molecule has 0 aliphatic heterocycles. The third-order valence-corrected chi connectivity index (χ3v) is 4.45. The van der Waals surface area contributed by atoms with E-state index in [0.717, 1.165) is 0 Å². The van der Waals surface area contributed by atoms with Gasteiger partial charge in [0.25, 0.3) is 11.5 Å².